The molecule has 0 radical (unpaired) electrons. The summed E-state index contributed by atoms with van der Waals surface area (Å²) < 4.78 is 0. The van der Waals surface area contributed by atoms with Crippen molar-refractivity contribution in [1.29, 1.82) is 0 Å². The monoisotopic (exact) mass is 1080 g/mol. The van der Waals surface area contributed by atoms with Crippen molar-refractivity contribution in [3.8, 4) is 83.5 Å². The molecule has 4 nitrogen and oxygen atoms in total. The Balaban J connectivity index is 0.992. The largest absolute Gasteiger partial charge is 0.298 e. The predicted octanol–water partition coefficient (Wildman–Crippen LogP) is 19.5. The highest BCUT2D eigenvalue weighted by Crippen LogP contribution is 2.44. The van der Waals surface area contributed by atoms with Gasteiger partial charge in [-0.1, -0.05) is 194 Å². The van der Waals surface area contributed by atoms with Gasteiger partial charge in [-0.15, -0.1) is 45.3 Å². The average molecular weight is 1080 g/mol. The summed E-state index contributed by atoms with van der Waals surface area (Å²) in [7, 11) is 0. The fraction of sp³-hybridized carbons (Fsp3) is 0. The minimum absolute atomic E-state index is 0.666. The van der Waals surface area contributed by atoms with Crippen LogP contribution in [0, 0.1) is 0 Å². The van der Waals surface area contributed by atoms with E-state index in [1.807, 2.05) is 97.1 Å². The molecule has 8 aromatic carbocycles. The van der Waals surface area contributed by atoms with E-state index in [2.05, 4.69) is 146 Å². The number of carbonyl (C=O) groups is 4. The number of benzene rings is 8. The van der Waals surface area contributed by atoms with Crippen molar-refractivity contribution in [2.24, 2.45) is 0 Å². The number of aldehydes is 4. The number of thiophene rings is 4. The van der Waals surface area contributed by atoms with Crippen molar-refractivity contribution in [2.45, 2.75) is 0 Å². The van der Waals surface area contributed by atoms with Crippen molar-refractivity contribution in [3.05, 3.63) is 287 Å². The van der Waals surface area contributed by atoms with Crippen LogP contribution >= 0.6 is 45.3 Å². The molecule has 78 heavy (non-hydrogen) atoms. The first-order chi connectivity index (χ1) is 38.5. The van der Waals surface area contributed by atoms with Crippen LogP contribution in [0.3, 0.4) is 0 Å². The molecule has 0 saturated heterocycles. The van der Waals surface area contributed by atoms with Crippen LogP contribution in [0.15, 0.2) is 243 Å². The number of carbonyl (C=O) groups excluding carboxylic acids is 4. The maximum absolute atomic E-state index is 12.0. The Morgan fingerprint density at radius 1 is 0.218 bits per heavy atom. The summed E-state index contributed by atoms with van der Waals surface area (Å²) in [4.78, 5) is 56.5. The van der Waals surface area contributed by atoms with Gasteiger partial charge in [0.05, 0.1) is 0 Å². The zero-order valence-electron chi connectivity index (χ0n) is 41.7. The predicted molar refractivity (Wildman–Crippen MR) is 327 cm³/mol. The number of hydrogen-bond acceptors (Lipinski definition) is 8. The van der Waals surface area contributed by atoms with Gasteiger partial charge in [-0.25, -0.2) is 0 Å². The van der Waals surface area contributed by atoms with E-state index in [1.165, 1.54) is 0 Å². The molecule has 0 aliphatic carbocycles. The zero-order chi connectivity index (χ0) is 53.0. The van der Waals surface area contributed by atoms with E-state index >= 15 is 0 Å². The Bertz CT molecular complexity index is 3660. The lowest BCUT2D eigenvalue weighted by molar-refractivity contribution is 0.111. The fourth-order valence-electron chi connectivity index (χ4n) is 9.96. The maximum Gasteiger partial charge on any atom is 0.150 e. The van der Waals surface area contributed by atoms with E-state index in [0.717, 1.165) is 142 Å². The third-order valence-corrected chi connectivity index (χ3v) is 18.6. The topological polar surface area (TPSA) is 68.3 Å². The van der Waals surface area contributed by atoms with Crippen molar-refractivity contribution >= 4 is 81.6 Å². The van der Waals surface area contributed by atoms with E-state index in [4.69, 9.17) is 0 Å². The molecule has 0 fully saturated rings. The second-order valence-electron chi connectivity index (χ2n) is 18.5. The van der Waals surface area contributed by atoms with Crippen LogP contribution in [-0.4, -0.2) is 25.1 Å². The third-order valence-electron chi connectivity index (χ3n) is 13.9. The molecule has 0 unspecified atom stereocenters. The number of rotatable bonds is 16. The van der Waals surface area contributed by atoms with Crippen LogP contribution < -0.4 is 0 Å². The summed E-state index contributed by atoms with van der Waals surface area (Å²) in [6.07, 6.45) is 3.67. The summed E-state index contributed by atoms with van der Waals surface area (Å²) in [5.74, 6) is 0. The average Bonchev–Trinajstić information content (AvgIpc) is 4.39. The van der Waals surface area contributed by atoms with Gasteiger partial charge in [0, 0.05) is 83.5 Å². The van der Waals surface area contributed by atoms with Crippen molar-refractivity contribution < 1.29 is 19.2 Å². The quantitative estimate of drug-likeness (QED) is 0.0714. The SMILES string of the molecule is O=Cc1ccccc1-c1ccc(-c2ccc(C(=C(c3ccc(-c4ccc(-c5ccccc5C=O)s4)cc3)c3ccc(-c4ccc(-c5ccccc5C=O)s4)cc3)c3ccc(-c4ccc(-c5ccccc5C=O)s4)cc3)cc2)s1. The first-order valence-corrected chi connectivity index (χ1v) is 28.5. The lowest BCUT2D eigenvalue weighted by Crippen LogP contribution is -1.98. The molecule has 4 aromatic heterocycles. The molecule has 4 heterocycles. The van der Waals surface area contributed by atoms with E-state index in [0.29, 0.717) is 22.3 Å². The molecule has 0 saturated carbocycles. The van der Waals surface area contributed by atoms with Gasteiger partial charge in [0.25, 0.3) is 0 Å². The summed E-state index contributed by atoms with van der Waals surface area (Å²) in [6.45, 7) is 0. The minimum Gasteiger partial charge on any atom is -0.298 e. The smallest absolute Gasteiger partial charge is 0.150 e. The van der Waals surface area contributed by atoms with E-state index in [1.54, 1.807) is 45.3 Å². The van der Waals surface area contributed by atoms with E-state index in [-0.39, 0.29) is 0 Å². The summed E-state index contributed by atoms with van der Waals surface area (Å²) in [6, 6.07) is 82.9. The Kier molecular flexibility index (Phi) is 14.2. The van der Waals surface area contributed by atoms with Gasteiger partial charge >= 0.3 is 0 Å². The molecule has 0 aliphatic heterocycles. The van der Waals surface area contributed by atoms with E-state index < -0.39 is 0 Å². The van der Waals surface area contributed by atoms with Gasteiger partial charge in [-0.05, 0) is 104 Å². The third kappa shape index (κ3) is 9.97. The van der Waals surface area contributed by atoms with Crippen LogP contribution in [0.5, 0.6) is 0 Å². The molecule has 0 atom stereocenters. The zero-order valence-corrected chi connectivity index (χ0v) is 44.9. The molecule has 0 amide bonds. The molecule has 372 valence electrons. The van der Waals surface area contributed by atoms with Gasteiger partial charge in [-0.3, -0.25) is 19.2 Å². The summed E-state index contributed by atoms with van der Waals surface area (Å²) in [5, 5.41) is 0. The Morgan fingerprint density at radius 3 is 0.615 bits per heavy atom. The van der Waals surface area contributed by atoms with Crippen LogP contribution in [0.2, 0.25) is 0 Å². The van der Waals surface area contributed by atoms with Crippen LogP contribution in [0.25, 0.3) is 94.7 Å². The highest BCUT2D eigenvalue weighted by atomic mass is 32.1. The molecule has 0 spiro atoms. The first kappa shape index (κ1) is 49.8. The molecule has 12 aromatic rings. The van der Waals surface area contributed by atoms with Gasteiger partial charge in [0.1, 0.15) is 0 Å². The molecule has 0 N–H and O–H groups in total. The lowest BCUT2D eigenvalue weighted by Gasteiger charge is -2.19. The molecule has 8 heteroatoms. The molecule has 12 rings (SSSR count). The highest BCUT2D eigenvalue weighted by Gasteiger charge is 2.20. The lowest BCUT2D eigenvalue weighted by atomic mass is 9.84. The molecule has 0 bridgehead atoms. The van der Waals surface area contributed by atoms with Crippen molar-refractivity contribution in [1.82, 2.24) is 0 Å². The van der Waals surface area contributed by atoms with E-state index in [9.17, 15) is 19.2 Å². The Morgan fingerprint density at radius 2 is 0.410 bits per heavy atom. The molecular formula is C70H44O4S4. The normalized spacial score (nSPS) is 11.0. The number of hydrogen-bond donors (Lipinski definition) is 0. The maximum atomic E-state index is 12.0. The Labute approximate surface area is 468 Å². The van der Waals surface area contributed by atoms with Gasteiger partial charge < -0.3 is 0 Å². The molecular weight excluding hydrogens is 1030 g/mol. The first-order valence-electron chi connectivity index (χ1n) is 25.2. The van der Waals surface area contributed by atoms with Crippen molar-refractivity contribution in [2.75, 3.05) is 0 Å². The van der Waals surface area contributed by atoms with Crippen LogP contribution in [0.4, 0.5) is 0 Å². The molecule has 0 aliphatic rings. The van der Waals surface area contributed by atoms with Gasteiger partial charge in [0.15, 0.2) is 25.1 Å². The van der Waals surface area contributed by atoms with Crippen molar-refractivity contribution in [3.63, 3.8) is 0 Å². The summed E-state index contributed by atoms with van der Waals surface area (Å²) >= 11 is 6.67. The van der Waals surface area contributed by atoms with Gasteiger partial charge in [-0.2, -0.15) is 0 Å². The van der Waals surface area contributed by atoms with Crippen LogP contribution in [0.1, 0.15) is 63.7 Å². The standard InChI is InChI=1S/C70H44O4S4/c71-41-53-9-1-5-13-57(53)65-37-33-61(75-65)45-17-25-49(26-18-45)69(50-27-19-46(20-28-50)62-34-38-66(76-62)58-14-6-2-10-54(58)42-72)70(51-29-21-47(22-30-51)63-35-39-67(77-63)59-15-7-3-11-55(59)43-73)52-31-23-48(24-32-52)64-36-40-68(78-64)60-16-8-4-12-56(60)44-74/h1-44H. The van der Waals surface area contributed by atoms with Gasteiger partial charge in [0.2, 0.25) is 0 Å². The Hall–Kier alpha value is -9.02. The summed E-state index contributed by atoms with van der Waals surface area (Å²) in [5.41, 5.74) is 16.9. The fourth-order valence-corrected chi connectivity index (χ4v) is 14.2. The second-order valence-corrected chi connectivity index (χ2v) is 22.9. The van der Waals surface area contributed by atoms with Crippen LogP contribution in [-0.2, 0) is 0 Å². The highest BCUT2D eigenvalue weighted by molar-refractivity contribution is 7.20. The minimum atomic E-state index is 0.666. The second kappa shape index (κ2) is 22.3.